The fraction of sp³-hybridized carbons (Fsp3) is 0.737. The first kappa shape index (κ1) is 17.5. The number of carbonyl (C=O) groups excluding carboxylic acids is 3. The number of imide groups is 1. The van der Waals surface area contributed by atoms with Gasteiger partial charge in [0.05, 0.1) is 24.0 Å². The molecule has 0 spiro atoms. The van der Waals surface area contributed by atoms with Gasteiger partial charge in [0.1, 0.15) is 6.10 Å². The van der Waals surface area contributed by atoms with Gasteiger partial charge in [-0.15, -0.1) is 0 Å². The van der Waals surface area contributed by atoms with E-state index in [1.807, 2.05) is 0 Å². The van der Waals surface area contributed by atoms with E-state index in [1.165, 1.54) is 0 Å². The van der Waals surface area contributed by atoms with Crippen LogP contribution in [0.5, 0.6) is 0 Å². The Labute approximate surface area is 152 Å². The number of nitrogens with zero attached hydrogens (tertiary/aromatic N) is 1. The number of fused-ring (bicyclic) bond motifs is 5. The molecule has 0 N–H and O–H groups in total. The van der Waals surface area contributed by atoms with Crippen molar-refractivity contribution in [2.75, 3.05) is 0 Å². The van der Waals surface area contributed by atoms with Crippen molar-refractivity contribution in [3.63, 3.8) is 0 Å². The Hall–Kier alpha value is -1.89. The van der Waals surface area contributed by atoms with Crippen molar-refractivity contribution < 1.29 is 28.7 Å². The molecule has 0 aromatic heterocycles. The number of amides is 2. The fourth-order valence-electron chi connectivity index (χ4n) is 4.84. The van der Waals surface area contributed by atoms with E-state index < -0.39 is 42.0 Å². The fourth-order valence-corrected chi connectivity index (χ4v) is 4.84. The summed E-state index contributed by atoms with van der Waals surface area (Å²) in [7, 11) is 0. The van der Waals surface area contributed by atoms with Gasteiger partial charge in [0.25, 0.3) is 11.8 Å². The summed E-state index contributed by atoms with van der Waals surface area (Å²) in [6, 6.07) is 0. The molecule has 1 aliphatic carbocycles. The van der Waals surface area contributed by atoms with Crippen LogP contribution < -0.4 is 0 Å². The zero-order chi connectivity index (χ0) is 18.6. The summed E-state index contributed by atoms with van der Waals surface area (Å²) in [5.74, 6) is -1.12. The summed E-state index contributed by atoms with van der Waals surface area (Å²) in [5, 5.41) is 0.587. The summed E-state index contributed by atoms with van der Waals surface area (Å²) in [6.07, 6.45) is 4.41. The lowest BCUT2D eigenvalue weighted by Crippen LogP contribution is -2.40. The first-order valence-electron chi connectivity index (χ1n) is 9.47. The summed E-state index contributed by atoms with van der Waals surface area (Å²) in [4.78, 5) is 42.3. The highest BCUT2D eigenvalue weighted by Crippen LogP contribution is 2.45. The Morgan fingerprint density at radius 3 is 2.35 bits per heavy atom. The van der Waals surface area contributed by atoms with Crippen molar-refractivity contribution >= 4 is 18.0 Å². The molecule has 7 heteroatoms. The minimum Gasteiger partial charge on any atom is -0.429 e. The lowest BCUT2D eigenvalue weighted by molar-refractivity contribution is -0.184. The van der Waals surface area contributed by atoms with Crippen LogP contribution in [0.1, 0.15) is 40.0 Å². The molecule has 3 fully saturated rings. The third-order valence-electron chi connectivity index (χ3n) is 6.24. The van der Waals surface area contributed by atoms with Crippen LogP contribution in [-0.2, 0) is 23.9 Å². The molecular weight excluding hydrogens is 338 g/mol. The van der Waals surface area contributed by atoms with Crippen LogP contribution >= 0.6 is 0 Å². The predicted molar refractivity (Wildman–Crippen MR) is 89.3 cm³/mol. The third kappa shape index (κ3) is 2.73. The SMILES string of the molecule is CC(C)[C@@H]1CC[C@@H](C)C[C@H]1OC(=O)ON1C(=O)[C@@H]2C3C=CC(O3)[C@@H]2C1=O. The molecule has 1 saturated carbocycles. The molecule has 2 unspecified atom stereocenters. The van der Waals surface area contributed by atoms with E-state index in [0.717, 1.165) is 19.3 Å². The molecule has 7 atom stereocenters. The van der Waals surface area contributed by atoms with Gasteiger partial charge in [-0.05, 0) is 30.6 Å². The Bertz CT molecular complexity index is 628. The minimum atomic E-state index is -0.974. The van der Waals surface area contributed by atoms with E-state index in [9.17, 15) is 14.4 Å². The highest BCUT2D eigenvalue weighted by molar-refractivity contribution is 6.06. The van der Waals surface area contributed by atoms with Gasteiger partial charge >= 0.3 is 6.16 Å². The lowest BCUT2D eigenvalue weighted by atomic mass is 9.75. The third-order valence-corrected chi connectivity index (χ3v) is 6.24. The molecule has 2 bridgehead atoms. The Kier molecular flexibility index (Phi) is 4.29. The van der Waals surface area contributed by atoms with Gasteiger partial charge in [0, 0.05) is 0 Å². The van der Waals surface area contributed by atoms with Gasteiger partial charge in [-0.3, -0.25) is 14.4 Å². The molecular formula is C19H25NO6. The summed E-state index contributed by atoms with van der Waals surface area (Å²) in [5.41, 5.74) is 0. The maximum atomic E-state index is 12.5. The molecule has 0 aromatic carbocycles. The highest BCUT2D eigenvalue weighted by Gasteiger charge is 2.62. The average Bonchev–Trinajstić information content (AvgIpc) is 3.24. The molecule has 7 nitrogen and oxygen atoms in total. The molecule has 4 aliphatic rings. The summed E-state index contributed by atoms with van der Waals surface area (Å²) >= 11 is 0. The van der Waals surface area contributed by atoms with Gasteiger partial charge in [-0.2, -0.15) is 0 Å². The van der Waals surface area contributed by atoms with E-state index in [2.05, 4.69) is 20.8 Å². The predicted octanol–water partition coefficient (Wildman–Crippen LogP) is 2.45. The van der Waals surface area contributed by atoms with Gasteiger partial charge in [-0.25, -0.2) is 4.79 Å². The normalized spacial score (nSPS) is 41.1. The number of hydrogen-bond acceptors (Lipinski definition) is 6. The molecule has 142 valence electrons. The number of hydrogen-bond donors (Lipinski definition) is 0. The van der Waals surface area contributed by atoms with Gasteiger partial charge < -0.3 is 9.47 Å². The molecule has 3 aliphatic heterocycles. The van der Waals surface area contributed by atoms with Crippen molar-refractivity contribution in [2.24, 2.45) is 29.6 Å². The number of hydroxylamine groups is 2. The summed E-state index contributed by atoms with van der Waals surface area (Å²) in [6.45, 7) is 6.36. The second-order valence-electron chi connectivity index (χ2n) is 8.30. The highest BCUT2D eigenvalue weighted by atomic mass is 16.8. The number of carbonyl (C=O) groups is 3. The molecule has 26 heavy (non-hydrogen) atoms. The Morgan fingerprint density at radius 2 is 1.77 bits per heavy atom. The van der Waals surface area contributed by atoms with Gasteiger partial charge in [0.2, 0.25) is 0 Å². The topological polar surface area (TPSA) is 82.1 Å². The second kappa shape index (κ2) is 6.37. The maximum Gasteiger partial charge on any atom is 0.534 e. The van der Waals surface area contributed by atoms with Gasteiger partial charge in [0.15, 0.2) is 0 Å². The molecule has 2 saturated heterocycles. The van der Waals surface area contributed by atoms with E-state index in [1.54, 1.807) is 12.2 Å². The Balaban J connectivity index is 1.41. The summed E-state index contributed by atoms with van der Waals surface area (Å²) < 4.78 is 11.1. The number of ether oxygens (including phenoxy) is 2. The monoisotopic (exact) mass is 363 g/mol. The quantitative estimate of drug-likeness (QED) is 0.435. The Morgan fingerprint density at radius 1 is 1.15 bits per heavy atom. The van der Waals surface area contributed by atoms with Crippen molar-refractivity contribution in [3.8, 4) is 0 Å². The average molecular weight is 363 g/mol. The van der Waals surface area contributed by atoms with Crippen LogP contribution in [0, 0.1) is 29.6 Å². The van der Waals surface area contributed by atoms with Crippen LogP contribution in [-0.4, -0.2) is 41.3 Å². The molecule has 2 amide bonds. The first-order valence-corrected chi connectivity index (χ1v) is 9.47. The molecule has 3 heterocycles. The van der Waals surface area contributed by atoms with E-state index in [4.69, 9.17) is 14.3 Å². The van der Waals surface area contributed by atoms with Crippen molar-refractivity contribution in [3.05, 3.63) is 12.2 Å². The van der Waals surface area contributed by atoms with Crippen LogP contribution in [0.25, 0.3) is 0 Å². The zero-order valence-electron chi connectivity index (χ0n) is 15.3. The zero-order valence-corrected chi connectivity index (χ0v) is 15.3. The van der Waals surface area contributed by atoms with Crippen LogP contribution in [0.15, 0.2) is 12.2 Å². The standard InChI is InChI=1S/C19H25NO6/c1-9(2)11-5-4-10(3)8-14(11)25-19(23)26-20-17(21)15-12-6-7-13(24-12)16(15)18(20)22/h6-7,9-16H,4-5,8H2,1-3H3/t10-,11+,12?,13?,14-,15-,16+/m1/s1. The molecule has 0 aromatic rings. The smallest absolute Gasteiger partial charge is 0.429 e. The first-order chi connectivity index (χ1) is 12.4. The molecule has 4 rings (SSSR count). The van der Waals surface area contributed by atoms with Gasteiger partial charge in [-0.1, -0.05) is 44.4 Å². The van der Waals surface area contributed by atoms with E-state index in [-0.39, 0.29) is 12.0 Å². The van der Waals surface area contributed by atoms with Crippen molar-refractivity contribution in [1.82, 2.24) is 5.06 Å². The largest absolute Gasteiger partial charge is 0.534 e. The lowest BCUT2D eigenvalue weighted by Gasteiger charge is -2.36. The van der Waals surface area contributed by atoms with Crippen LogP contribution in [0.4, 0.5) is 4.79 Å². The molecule has 0 radical (unpaired) electrons. The maximum absolute atomic E-state index is 12.5. The van der Waals surface area contributed by atoms with Crippen molar-refractivity contribution in [2.45, 2.75) is 58.3 Å². The van der Waals surface area contributed by atoms with Crippen LogP contribution in [0.2, 0.25) is 0 Å². The van der Waals surface area contributed by atoms with E-state index in [0.29, 0.717) is 16.9 Å². The number of rotatable bonds is 3. The van der Waals surface area contributed by atoms with Crippen molar-refractivity contribution in [1.29, 1.82) is 0 Å². The minimum absolute atomic E-state index is 0.250. The van der Waals surface area contributed by atoms with Crippen LogP contribution in [0.3, 0.4) is 0 Å². The van der Waals surface area contributed by atoms with E-state index >= 15 is 0 Å². The second-order valence-corrected chi connectivity index (χ2v) is 8.30.